The first kappa shape index (κ1) is 14.5. The van der Waals surface area contributed by atoms with E-state index in [9.17, 15) is 10.4 Å². The van der Waals surface area contributed by atoms with Gasteiger partial charge < -0.3 is 5.11 Å². The Morgan fingerprint density at radius 3 is 2.57 bits per heavy atom. The molecule has 0 aliphatic heterocycles. The summed E-state index contributed by atoms with van der Waals surface area (Å²) in [5, 5.41) is 30.3. The Labute approximate surface area is 132 Å². The fourth-order valence-electron chi connectivity index (χ4n) is 2.14. The van der Waals surface area contributed by atoms with Crippen LogP contribution in [0.15, 0.2) is 54.6 Å². The maximum atomic E-state index is 9.43. The molecule has 112 valence electrons. The quantitative estimate of drug-likeness (QED) is 0.748. The second kappa shape index (κ2) is 6.54. The molecule has 6 nitrogen and oxygen atoms in total. The van der Waals surface area contributed by atoms with Crippen LogP contribution in [0.4, 0.5) is 0 Å². The molecule has 6 heteroatoms. The molecule has 0 bridgehead atoms. The van der Waals surface area contributed by atoms with Crippen molar-refractivity contribution >= 4 is 11.6 Å². The number of nitrogens with zero attached hydrogens (tertiary/aromatic N) is 5. The topological polar surface area (TPSA) is 87.6 Å². The Kier molecular flexibility index (Phi) is 4.11. The van der Waals surface area contributed by atoms with Crippen molar-refractivity contribution in [2.75, 3.05) is 0 Å². The molecule has 2 aromatic carbocycles. The molecule has 1 aromatic heterocycles. The number of phenols is 1. The number of aromatic hydroxyl groups is 1. The van der Waals surface area contributed by atoms with Gasteiger partial charge in [0, 0.05) is 0 Å². The Morgan fingerprint density at radius 2 is 1.87 bits per heavy atom. The lowest BCUT2D eigenvalue weighted by molar-refractivity contribution is 0.475. The summed E-state index contributed by atoms with van der Waals surface area (Å²) in [5.74, 6) is 0.582. The lowest BCUT2D eigenvalue weighted by atomic mass is 10.1. The number of allylic oxidation sites excluding steroid dienone is 1. The molecule has 23 heavy (non-hydrogen) atoms. The van der Waals surface area contributed by atoms with Crippen LogP contribution in [-0.4, -0.2) is 25.3 Å². The van der Waals surface area contributed by atoms with Gasteiger partial charge in [-0.15, -0.1) is 5.10 Å². The van der Waals surface area contributed by atoms with Crippen LogP contribution in [0.25, 0.3) is 11.6 Å². The first-order valence-electron chi connectivity index (χ1n) is 6.97. The van der Waals surface area contributed by atoms with Crippen molar-refractivity contribution in [3.63, 3.8) is 0 Å². The zero-order valence-corrected chi connectivity index (χ0v) is 12.2. The molecule has 0 unspecified atom stereocenters. The minimum Gasteiger partial charge on any atom is -0.508 e. The van der Waals surface area contributed by atoms with Crippen LogP contribution in [0, 0.1) is 11.3 Å². The summed E-state index contributed by atoms with van der Waals surface area (Å²) < 4.78 is 1.59. The van der Waals surface area contributed by atoms with E-state index in [1.165, 1.54) is 0 Å². The fourth-order valence-corrected chi connectivity index (χ4v) is 2.14. The van der Waals surface area contributed by atoms with Gasteiger partial charge in [0.2, 0.25) is 0 Å². The minimum atomic E-state index is 0.176. The van der Waals surface area contributed by atoms with Crippen LogP contribution in [0.5, 0.6) is 5.75 Å². The molecule has 0 spiro atoms. The van der Waals surface area contributed by atoms with Gasteiger partial charge in [0.15, 0.2) is 5.82 Å². The van der Waals surface area contributed by atoms with Crippen molar-refractivity contribution in [3.05, 3.63) is 71.5 Å². The Morgan fingerprint density at radius 1 is 1.13 bits per heavy atom. The normalized spacial score (nSPS) is 11.2. The van der Waals surface area contributed by atoms with E-state index in [4.69, 9.17) is 0 Å². The minimum absolute atomic E-state index is 0.176. The largest absolute Gasteiger partial charge is 0.508 e. The number of phenolic OH excluding ortho intramolecular Hbond substituents is 1. The van der Waals surface area contributed by atoms with Crippen molar-refractivity contribution in [2.24, 2.45) is 0 Å². The fraction of sp³-hybridized carbons (Fsp3) is 0.0588. The summed E-state index contributed by atoms with van der Waals surface area (Å²) in [6.07, 6.45) is 1.69. The zero-order chi connectivity index (χ0) is 16.1. The molecule has 3 aromatic rings. The Balaban J connectivity index is 1.92. The Bertz CT molecular complexity index is 860. The smallest absolute Gasteiger partial charge is 0.193 e. The Hall–Kier alpha value is -3.46. The average molecular weight is 303 g/mol. The van der Waals surface area contributed by atoms with Crippen LogP contribution in [0.3, 0.4) is 0 Å². The number of tetrazole rings is 1. The van der Waals surface area contributed by atoms with E-state index in [-0.39, 0.29) is 5.75 Å². The molecule has 0 radical (unpaired) electrons. The van der Waals surface area contributed by atoms with Gasteiger partial charge in [-0.2, -0.15) is 5.26 Å². The van der Waals surface area contributed by atoms with Gasteiger partial charge in [-0.3, -0.25) is 0 Å². The van der Waals surface area contributed by atoms with Crippen molar-refractivity contribution in [2.45, 2.75) is 6.54 Å². The third-order valence-electron chi connectivity index (χ3n) is 3.27. The number of hydrogen-bond donors (Lipinski definition) is 1. The lowest BCUT2D eigenvalue weighted by Crippen LogP contribution is -2.06. The van der Waals surface area contributed by atoms with E-state index in [0.717, 1.165) is 11.1 Å². The van der Waals surface area contributed by atoms with E-state index >= 15 is 0 Å². The third kappa shape index (κ3) is 3.41. The monoisotopic (exact) mass is 303 g/mol. The van der Waals surface area contributed by atoms with Crippen molar-refractivity contribution in [1.82, 2.24) is 20.2 Å². The van der Waals surface area contributed by atoms with E-state index in [2.05, 4.69) is 21.6 Å². The summed E-state index contributed by atoms with van der Waals surface area (Å²) in [5.41, 5.74) is 2.19. The van der Waals surface area contributed by atoms with Gasteiger partial charge in [0.05, 0.1) is 12.1 Å². The van der Waals surface area contributed by atoms with Gasteiger partial charge in [0.25, 0.3) is 0 Å². The average Bonchev–Trinajstić information content (AvgIpc) is 3.03. The van der Waals surface area contributed by atoms with Crippen molar-refractivity contribution < 1.29 is 5.11 Å². The molecule has 0 atom stereocenters. The molecular weight excluding hydrogens is 290 g/mol. The SMILES string of the molecule is N#C/C(=C\c1ccc(O)cc1)c1nnnn1Cc1ccccc1. The third-order valence-corrected chi connectivity index (χ3v) is 3.27. The van der Waals surface area contributed by atoms with Gasteiger partial charge in [-0.25, -0.2) is 4.68 Å². The summed E-state index contributed by atoms with van der Waals surface area (Å²) in [6.45, 7) is 0.484. The highest BCUT2D eigenvalue weighted by molar-refractivity contribution is 5.87. The summed E-state index contributed by atoms with van der Waals surface area (Å²) in [7, 11) is 0. The number of nitriles is 1. The van der Waals surface area contributed by atoms with E-state index in [1.807, 2.05) is 30.3 Å². The molecule has 0 saturated heterocycles. The second-order valence-electron chi connectivity index (χ2n) is 4.91. The highest BCUT2D eigenvalue weighted by Crippen LogP contribution is 2.18. The molecule has 0 fully saturated rings. The molecule has 0 amide bonds. The van der Waals surface area contributed by atoms with E-state index in [0.29, 0.717) is 17.9 Å². The number of benzene rings is 2. The van der Waals surface area contributed by atoms with Crippen LogP contribution in [-0.2, 0) is 6.54 Å². The molecule has 1 heterocycles. The van der Waals surface area contributed by atoms with Crippen LogP contribution in [0.2, 0.25) is 0 Å². The second-order valence-corrected chi connectivity index (χ2v) is 4.91. The number of rotatable bonds is 4. The van der Waals surface area contributed by atoms with Gasteiger partial charge in [0.1, 0.15) is 11.8 Å². The first-order valence-corrected chi connectivity index (χ1v) is 6.97. The predicted molar refractivity (Wildman–Crippen MR) is 85.0 cm³/mol. The van der Waals surface area contributed by atoms with Gasteiger partial charge >= 0.3 is 0 Å². The number of hydrogen-bond acceptors (Lipinski definition) is 5. The highest BCUT2D eigenvalue weighted by Gasteiger charge is 2.12. The van der Waals surface area contributed by atoms with E-state index in [1.54, 1.807) is 35.0 Å². The molecule has 3 rings (SSSR count). The molecule has 0 saturated carbocycles. The maximum absolute atomic E-state index is 9.43. The zero-order valence-electron chi connectivity index (χ0n) is 12.2. The van der Waals surface area contributed by atoms with Crippen LogP contribution < -0.4 is 0 Å². The standard InChI is InChI=1S/C17H13N5O/c18-11-15(10-13-6-8-16(23)9-7-13)17-19-20-21-22(17)12-14-4-2-1-3-5-14/h1-10,23H,12H2/b15-10+. The highest BCUT2D eigenvalue weighted by atomic mass is 16.3. The van der Waals surface area contributed by atoms with Crippen molar-refractivity contribution in [3.8, 4) is 11.8 Å². The predicted octanol–water partition coefficient (Wildman–Crippen LogP) is 2.49. The molecule has 0 aliphatic carbocycles. The molecule has 0 aliphatic rings. The summed E-state index contributed by atoms with van der Waals surface area (Å²) >= 11 is 0. The van der Waals surface area contributed by atoms with Gasteiger partial charge in [-0.05, 0) is 39.8 Å². The lowest BCUT2D eigenvalue weighted by Gasteiger charge is -2.04. The van der Waals surface area contributed by atoms with Gasteiger partial charge in [-0.1, -0.05) is 42.5 Å². The summed E-state index contributed by atoms with van der Waals surface area (Å²) in [4.78, 5) is 0. The molecular formula is C17H13N5O. The first-order chi connectivity index (χ1) is 11.3. The summed E-state index contributed by atoms with van der Waals surface area (Å²) in [6, 6.07) is 18.5. The molecule has 1 N–H and O–H groups in total. The van der Waals surface area contributed by atoms with Crippen molar-refractivity contribution in [1.29, 1.82) is 5.26 Å². The van der Waals surface area contributed by atoms with Crippen LogP contribution >= 0.6 is 0 Å². The maximum Gasteiger partial charge on any atom is 0.193 e. The van der Waals surface area contributed by atoms with Crippen LogP contribution in [0.1, 0.15) is 17.0 Å². The van der Waals surface area contributed by atoms with E-state index < -0.39 is 0 Å². The number of aromatic nitrogens is 4.